The van der Waals surface area contributed by atoms with Crippen LogP contribution >= 0.6 is 0 Å². The molecular formula is C27H58N6O5Si2. The van der Waals surface area contributed by atoms with E-state index in [-0.39, 0.29) is 48.0 Å². The van der Waals surface area contributed by atoms with Crippen molar-refractivity contribution in [3.05, 3.63) is 0 Å². The van der Waals surface area contributed by atoms with Crippen LogP contribution in [0.3, 0.4) is 0 Å². The molecule has 6 amide bonds. The fraction of sp³-hybridized carbons (Fsp3) is 0.852. The first kappa shape index (κ1) is 37.9. The van der Waals surface area contributed by atoms with Crippen LogP contribution in [0.15, 0.2) is 0 Å². The Balaban J connectivity index is 4.18. The second kappa shape index (κ2) is 19.1. The minimum atomic E-state index is -1.89. The van der Waals surface area contributed by atoms with Gasteiger partial charge in [-0.1, -0.05) is 0 Å². The monoisotopic (exact) mass is 602 g/mol. The lowest BCUT2D eigenvalue weighted by Gasteiger charge is -2.34. The summed E-state index contributed by atoms with van der Waals surface area (Å²) in [6.07, 6.45) is 3.99. The number of carbonyl (C=O) groups excluding carboxylic acids is 4. The number of nitrogens with one attached hydrogen (secondary N) is 6. The maximum absolute atomic E-state index is 12.2. The third-order valence-corrected chi connectivity index (χ3v) is 14.0. The molecule has 6 N–H and O–H groups in total. The third-order valence-electron chi connectivity index (χ3n) is 6.43. The number of amides is 6. The minimum absolute atomic E-state index is 0.00266. The van der Waals surface area contributed by atoms with Crippen LogP contribution in [-0.2, 0) is 13.7 Å². The topological polar surface area (TPSA) is 150 Å². The molecule has 4 unspecified atom stereocenters. The Morgan fingerprint density at radius 2 is 0.950 bits per heavy atom. The first-order valence-electron chi connectivity index (χ1n) is 14.7. The molecule has 13 heteroatoms. The fourth-order valence-corrected chi connectivity index (χ4v) is 13.7. The largest absolute Gasteiger partial charge is 0.455 e. The number of rotatable bonds is 19. The number of hydrogen-bond donors (Lipinski definition) is 6. The quantitative estimate of drug-likeness (QED) is 0.0983. The lowest BCUT2D eigenvalue weighted by atomic mass is 10.1. The lowest BCUT2D eigenvalue weighted by molar-refractivity contribution is -0.120. The molecule has 0 spiro atoms. The SMILES string of the molecule is CC(=O)NC(C)CCC(C)NC(=O)NCCC[Si](C)(C)O[Si](C)(C)CCCNC(=O)NC(C)CC(C)NC(C)=O. The summed E-state index contributed by atoms with van der Waals surface area (Å²) in [5.41, 5.74) is 0. The molecule has 0 radical (unpaired) electrons. The van der Waals surface area contributed by atoms with Gasteiger partial charge in [-0.3, -0.25) is 9.59 Å². The second-order valence-electron chi connectivity index (χ2n) is 12.4. The van der Waals surface area contributed by atoms with Gasteiger partial charge in [0.05, 0.1) is 0 Å². The molecular weight excluding hydrogens is 545 g/mol. The van der Waals surface area contributed by atoms with Crippen LogP contribution in [-0.4, -0.2) is 77.8 Å². The van der Waals surface area contributed by atoms with Gasteiger partial charge < -0.3 is 36.0 Å². The average Bonchev–Trinajstić information content (AvgIpc) is 2.76. The van der Waals surface area contributed by atoms with E-state index < -0.39 is 16.6 Å². The predicted molar refractivity (Wildman–Crippen MR) is 167 cm³/mol. The van der Waals surface area contributed by atoms with Gasteiger partial charge in [0.25, 0.3) is 0 Å². The van der Waals surface area contributed by atoms with Gasteiger partial charge in [0.15, 0.2) is 16.6 Å². The van der Waals surface area contributed by atoms with Gasteiger partial charge in [-0.2, -0.15) is 0 Å². The molecule has 0 aliphatic rings. The van der Waals surface area contributed by atoms with Crippen LogP contribution in [0.5, 0.6) is 0 Å². The standard InChI is InChI=1S/C27H58N6O5Si2/c1-20(30-24(5)34)13-14-21(2)32-26(36)28-15-11-17-39(7,8)38-40(9,10)18-12-16-29-27(37)33-23(4)19-22(3)31-25(6)35/h20-23H,11-19H2,1-10H3,(H,30,34)(H,31,35)(H2,28,32,36)(H2,29,33,37). The molecule has 0 bridgehead atoms. The second-order valence-corrected chi connectivity index (χ2v) is 21.3. The third kappa shape index (κ3) is 21.7. The Bertz CT molecular complexity index is 799. The van der Waals surface area contributed by atoms with Gasteiger partial charge in [0.2, 0.25) is 11.8 Å². The highest BCUT2D eigenvalue weighted by atomic mass is 28.4. The summed E-state index contributed by atoms with van der Waals surface area (Å²) in [4.78, 5) is 46.6. The van der Waals surface area contributed by atoms with Crippen molar-refractivity contribution in [3.8, 4) is 0 Å². The van der Waals surface area contributed by atoms with Gasteiger partial charge in [0.1, 0.15) is 0 Å². The van der Waals surface area contributed by atoms with E-state index in [0.29, 0.717) is 19.5 Å². The molecule has 4 atom stereocenters. The molecule has 0 saturated heterocycles. The van der Waals surface area contributed by atoms with Gasteiger partial charge in [-0.25, -0.2) is 9.59 Å². The van der Waals surface area contributed by atoms with E-state index in [9.17, 15) is 19.2 Å². The van der Waals surface area contributed by atoms with Crippen LogP contribution in [0, 0.1) is 0 Å². The highest BCUT2D eigenvalue weighted by Gasteiger charge is 2.32. The molecule has 0 aromatic heterocycles. The summed E-state index contributed by atoms with van der Waals surface area (Å²) in [5.74, 6) is -0.112. The maximum atomic E-state index is 12.2. The van der Waals surface area contributed by atoms with Crippen molar-refractivity contribution in [2.45, 2.75) is 136 Å². The molecule has 0 rings (SSSR count). The van der Waals surface area contributed by atoms with Gasteiger partial charge in [-0.05, 0) is 98.1 Å². The molecule has 0 saturated carbocycles. The Morgan fingerprint density at radius 1 is 0.600 bits per heavy atom. The molecule has 0 aromatic rings. The molecule has 40 heavy (non-hydrogen) atoms. The Hall–Kier alpha value is -2.13. The summed E-state index contributed by atoms with van der Waals surface area (Å²) in [5, 5.41) is 17.4. The van der Waals surface area contributed by atoms with Crippen molar-refractivity contribution in [3.63, 3.8) is 0 Å². The van der Waals surface area contributed by atoms with Crippen molar-refractivity contribution >= 4 is 40.5 Å². The predicted octanol–water partition coefficient (Wildman–Crippen LogP) is 3.79. The smallest absolute Gasteiger partial charge is 0.314 e. The molecule has 11 nitrogen and oxygen atoms in total. The van der Waals surface area contributed by atoms with Crippen LogP contribution in [0.1, 0.15) is 73.6 Å². The van der Waals surface area contributed by atoms with Gasteiger partial charge in [-0.15, -0.1) is 0 Å². The van der Waals surface area contributed by atoms with Crippen LogP contribution < -0.4 is 31.9 Å². The zero-order chi connectivity index (χ0) is 30.9. The van der Waals surface area contributed by atoms with Crippen LogP contribution in [0.2, 0.25) is 38.3 Å². The molecule has 0 aliphatic carbocycles. The summed E-state index contributed by atoms with van der Waals surface area (Å²) in [6, 6.07) is 1.64. The maximum Gasteiger partial charge on any atom is 0.314 e. The zero-order valence-electron chi connectivity index (χ0n) is 26.7. The fourth-order valence-electron chi connectivity index (χ4n) is 4.82. The van der Waals surface area contributed by atoms with E-state index in [4.69, 9.17) is 4.12 Å². The number of hydrogen-bond acceptors (Lipinski definition) is 5. The van der Waals surface area contributed by atoms with E-state index in [1.165, 1.54) is 13.8 Å². The summed E-state index contributed by atoms with van der Waals surface area (Å²) in [7, 11) is -3.78. The molecule has 0 fully saturated rings. The first-order valence-corrected chi connectivity index (χ1v) is 21.0. The van der Waals surface area contributed by atoms with E-state index in [1.807, 2.05) is 27.7 Å². The Labute approximate surface area is 244 Å². The van der Waals surface area contributed by atoms with Gasteiger partial charge in [0, 0.05) is 51.1 Å². The molecule has 234 valence electrons. The van der Waals surface area contributed by atoms with Crippen LogP contribution in [0.25, 0.3) is 0 Å². The highest BCUT2D eigenvalue weighted by Crippen LogP contribution is 2.23. The van der Waals surface area contributed by atoms with Crippen LogP contribution in [0.4, 0.5) is 9.59 Å². The normalized spacial score (nSPS) is 14.8. The average molecular weight is 603 g/mol. The lowest BCUT2D eigenvalue weighted by Crippen LogP contribution is -2.46. The van der Waals surface area contributed by atoms with Crippen molar-refractivity contribution in [1.29, 1.82) is 0 Å². The first-order chi connectivity index (χ1) is 18.4. The number of carbonyl (C=O) groups is 4. The number of urea groups is 2. The molecule has 0 aliphatic heterocycles. The van der Waals surface area contributed by atoms with E-state index in [1.54, 1.807) is 0 Å². The van der Waals surface area contributed by atoms with Crippen molar-refractivity contribution < 1.29 is 23.3 Å². The van der Waals surface area contributed by atoms with Crippen molar-refractivity contribution in [2.75, 3.05) is 13.1 Å². The summed E-state index contributed by atoms with van der Waals surface area (Å²) < 4.78 is 6.68. The zero-order valence-corrected chi connectivity index (χ0v) is 28.7. The Morgan fingerprint density at radius 3 is 1.38 bits per heavy atom. The Kier molecular flexibility index (Phi) is 18.1. The van der Waals surface area contributed by atoms with E-state index in [0.717, 1.165) is 37.8 Å². The summed E-state index contributed by atoms with van der Waals surface area (Å²) >= 11 is 0. The highest BCUT2D eigenvalue weighted by molar-refractivity contribution is 6.84. The minimum Gasteiger partial charge on any atom is -0.455 e. The van der Waals surface area contributed by atoms with Gasteiger partial charge >= 0.3 is 12.1 Å². The van der Waals surface area contributed by atoms with Crippen molar-refractivity contribution in [2.24, 2.45) is 0 Å². The molecule has 0 aromatic carbocycles. The van der Waals surface area contributed by atoms with Crippen molar-refractivity contribution in [1.82, 2.24) is 31.9 Å². The van der Waals surface area contributed by atoms with E-state index >= 15 is 0 Å². The molecule has 0 heterocycles. The van der Waals surface area contributed by atoms with E-state index in [2.05, 4.69) is 58.1 Å². The summed E-state index contributed by atoms with van der Waals surface area (Å²) in [6.45, 7) is 20.9.